The summed E-state index contributed by atoms with van der Waals surface area (Å²) in [5.74, 6) is 0.0747. The van der Waals surface area contributed by atoms with Crippen molar-refractivity contribution in [3.8, 4) is 0 Å². The Hall–Kier alpha value is -2.08. The smallest absolute Gasteiger partial charge is 0.410 e. The van der Waals surface area contributed by atoms with Crippen LogP contribution in [-0.4, -0.2) is 72.6 Å². The van der Waals surface area contributed by atoms with Crippen molar-refractivity contribution in [3.63, 3.8) is 0 Å². The Labute approximate surface area is 155 Å². The molecular weight excluding hydrogens is 330 g/mol. The molecule has 142 valence electrons. The van der Waals surface area contributed by atoms with Crippen molar-refractivity contribution in [2.75, 3.05) is 39.8 Å². The van der Waals surface area contributed by atoms with Crippen molar-refractivity contribution in [2.24, 2.45) is 0 Å². The van der Waals surface area contributed by atoms with Crippen molar-refractivity contribution in [1.82, 2.24) is 14.7 Å². The van der Waals surface area contributed by atoms with Crippen molar-refractivity contribution < 1.29 is 14.3 Å². The van der Waals surface area contributed by atoms with Gasteiger partial charge < -0.3 is 9.64 Å². The van der Waals surface area contributed by atoms with E-state index in [9.17, 15) is 9.59 Å². The zero-order chi connectivity index (χ0) is 18.5. The van der Waals surface area contributed by atoms with Crippen molar-refractivity contribution in [1.29, 1.82) is 0 Å². The molecule has 0 aliphatic carbocycles. The van der Waals surface area contributed by atoms with E-state index in [1.165, 1.54) is 18.2 Å². The topological polar surface area (TPSA) is 53.1 Å². The molecule has 0 unspecified atom stereocenters. The lowest BCUT2D eigenvalue weighted by Gasteiger charge is -2.40. The van der Waals surface area contributed by atoms with E-state index in [1.807, 2.05) is 4.90 Å². The molecule has 0 radical (unpaired) electrons. The number of methoxy groups -OCH3 is 1. The quantitative estimate of drug-likeness (QED) is 0.831. The van der Waals surface area contributed by atoms with Gasteiger partial charge in [-0.25, -0.2) is 4.79 Å². The molecule has 0 saturated carbocycles. The van der Waals surface area contributed by atoms with Crippen LogP contribution >= 0.6 is 0 Å². The van der Waals surface area contributed by atoms with E-state index in [2.05, 4.69) is 36.1 Å². The molecule has 1 aromatic rings. The highest BCUT2D eigenvalue weighted by Gasteiger charge is 2.36. The highest BCUT2D eigenvalue weighted by molar-refractivity contribution is 5.86. The minimum Gasteiger partial charge on any atom is -0.453 e. The predicted molar refractivity (Wildman–Crippen MR) is 99.8 cm³/mol. The first-order valence-electron chi connectivity index (χ1n) is 9.50. The highest BCUT2D eigenvalue weighted by atomic mass is 16.5. The molecule has 1 atom stereocenters. The molecule has 0 bridgehead atoms. The van der Waals surface area contributed by atoms with Crippen molar-refractivity contribution in [3.05, 3.63) is 35.4 Å². The van der Waals surface area contributed by atoms with Crippen LogP contribution in [0, 0.1) is 6.92 Å². The fraction of sp³-hybridized carbons (Fsp3) is 0.600. The van der Waals surface area contributed by atoms with Crippen LogP contribution in [-0.2, 0) is 16.1 Å². The summed E-state index contributed by atoms with van der Waals surface area (Å²) in [6.45, 7) is 6.84. The van der Waals surface area contributed by atoms with Gasteiger partial charge in [-0.05, 0) is 37.3 Å². The van der Waals surface area contributed by atoms with Crippen LogP contribution in [0.2, 0.25) is 0 Å². The monoisotopic (exact) mass is 359 g/mol. The van der Waals surface area contributed by atoms with E-state index < -0.39 is 0 Å². The van der Waals surface area contributed by atoms with Gasteiger partial charge in [-0.15, -0.1) is 0 Å². The van der Waals surface area contributed by atoms with E-state index in [-0.39, 0.29) is 18.0 Å². The zero-order valence-corrected chi connectivity index (χ0v) is 15.8. The lowest BCUT2D eigenvalue weighted by Crippen LogP contribution is -2.57. The summed E-state index contributed by atoms with van der Waals surface area (Å²) < 4.78 is 4.86. The van der Waals surface area contributed by atoms with Crippen LogP contribution in [0.15, 0.2) is 24.3 Å². The number of amides is 2. The van der Waals surface area contributed by atoms with Crippen molar-refractivity contribution in [2.45, 2.75) is 38.8 Å². The number of rotatable bonds is 3. The number of hydrogen-bond donors (Lipinski definition) is 0. The maximum Gasteiger partial charge on any atom is 0.410 e. The molecular formula is C20H29N3O3. The normalized spacial score (nSPS) is 21.5. The Morgan fingerprint density at radius 2 is 1.81 bits per heavy atom. The summed E-state index contributed by atoms with van der Waals surface area (Å²) in [4.78, 5) is 30.9. The fourth-order valence-corrected chi connectivity index (χ4v) is 3.89. The molecule has 2 amide bonds. The molecule has 2 heterocycles. The molecule has 6 heteroatoms. The van der Waals surface area contributed by atoms with Gasteiger partial charge >= 0.3 is 6.09 Å². The lowest BCUT2D eigenvalue weighted by molar-refractivity contribution is -0.139. The third-order valence-electron chi connectivity index (χ3n) is 5.54. The molecule has 0 N–H and O–H groups in total. The van der Waals surface area contributed by atoms with Gasteiger partial charge in [-0.2, -0.15) is 0 Å². The molecule has 6 nitrogen and oxygen atoms in total. The first-order chi connectivity index (χ1) is 12.6. The second kappa shape index (κ2) is 8.54. The number of carbonyl (C=O) groups is 2. The average molecular weight is 359 g/mol. The molecule has 26 heavy (non-hydrogen) atoms. The minimum absolute atomic E-state index is 0.0747. The minimum atomic E-state index is -0.388. The summed E-state index contributed by atoms with van der Waals surface area (Å²) in [6, 6.07) is 8.08. The van der Waals surface area contributed by atoms with Crippen LogP contribution < -0.4 is 0 Å². The zero-order valence-electron chi connectivity index (χ0n) is 15.8. The van der Waals surface area contributed by atoms with Crippen LogP contribution in [0.1, 0.15) is 30.4 Å². The number of aryl methyl sites for hydroxylation is 1. The Morgan fingerprint density at radius 1 is 1.08 bits per heavy atom. The van der Waals surface area contributed by atoms with Crippen LogP contribution in [0.5, 0.6) is 0 Å². The van der Waals surface area contributed by atoms with Crippen LogP contribution in [0.3, 0.4) is 0 Å². The second-order valence-corrected chi connectivity index (χ2v) is 7.20. The van der Waals surface area contributed by atoms with Gasteiger partial charge in [-0.1, -0.05) is 24.3 Å². The fourth-order valence-electron chi connectivity index (χ4n) is 3.89. The van der Waals surface area contributed by atoms with E-state index in [1.54, 1.807) is 4.90 Å². The Morgan fingerprint density at radius 3 is 2.50 bits per heavy atom. The number of hydrogen-bond acceptors (Lipinski definition) is 4. The molecule has 0 aromatic heterocycles. The second-order valence-electron chi connectivity index (χ2n) is 7.20. The summed E-state index contributed by atoms with van der Waals surface area (Å²) in [5, 5.41) is 0. The van der Waals surface area contributed by atoms with Gasteiger partial charge in [0.15, 0.2) is 0 Å². The summed E-state index contributed by atoms with van der Waals surface area (Å²) in [6.07, 6.45) is 2.26. The van der Waals surface area contributed by atoms with Crippen molar-refractivity contribution >= 4 is 12.0 Å². The largest absolute Gasteiger partial charge is 0.453 e. The molecule has 2 fully saturated rings. The van der Waals surface area contributed by atoms with E-state index >= 15 is 0 Å². The van der Waals surface area contributed by atoms with Crippen LogP contribution in [0.4, 0.5) is 4.79 Å². The number of likely N-dealkylation sites (tertiary alicyclic amines) is 1. The first-order valence-corrected chi connectivity index (χ1v) is 9.50. The highest BCUT2D eigenvalue weighted by Crippen LogP contribution is 2.21. The summed E-state index contributed by atoms with van der Waals surface area (Å²) in [7, 11) is 1.38. The summed E-state index contributed by atoms with van der Waals surface area (Å²) in [5.41, 5.74) is 2.65. The van der Waals surface area contributed by atoms with E-state index in [0.29, 0.717) is 6.54 Å². The third-order valence-corrected chi connectivity index (χ3v) is 5.54. The Balaban J connectivity index is 1.56. The van der Waals surface area contributed by atoms with Gasteiger partial charge in [0.25, 0.3) is 0 Å². The lowest BCUT2D eigenvalue weighted by atomic mass is 10.0. The standard InChI is InChI=1S/C20H29N3O3/c1-16-7-3-4-8-17(16)15-21-11-13-22(14-12-21)19(24)18-9-5-6-10-23(18)20(25)26-2/h3-4,7-8,18H,5-6,9-15H2,1-2H3/t18-/m1/s1. The maximum atomic E-state index is 13.0. The van der Waals surface area contributed by atoms with Gasteiger partial charge in [0.2, 0.25) is 5.91 Å². The summed E-state index contributed by atoms with van der Waals surface area (Å²) >= 11 is 0. The molecule has 2 aliphatic rings. The van der Waals surface area contributed by atoms with Gasteiger partial charge in [0.05, 0.1) is 7.11 Å². The molecule has 2 aliphatic heterocycles. The van der Waals surface area contributed by atoms with Gasteiger partial charge in [-0.3, -0.25) is 14.6 Å². The number of piperazine rings is 1. The Kier molecular flexibility index (Phi) is 6.14. The average Bonchev–Trinajstić information content (AvgIpc) is 2.69. The maximum absolute atomic E-state index is 13.0. The van der Waals surface area contributed by atoms with Crippen LogP contribution in [0.25, 0.3) is 0 Å². The molecule has 1 aromatic carbocycles. The molecule has 0 spiro atoms. The first kappa shape index (κ1) is 18.7. The number of piperidine rings is 1. The molecule has 3 rings (SSSR count). The third kappa shape index (κ3) is 4.18. The van der Waals surface area contributed by atoms with Gasteiger partial charge in [0, 0.05) is 39.3 Å². The number of carbonyl (C=O) groups excluding carboxylic acids is 2. The number of ether oxygens (including phenoxy) is 1. The van der Waals surface area contributed by atoms with E-state index in [0.717, 1.165) is 52.0 Å². The SMILES string of the molecule is COC(=O)N1CCCC[C@@H]1C(=O)N1CCN(Cc2ccccc2C)CC1. The molecule has 2 saturated heterocycles. The predicted octanol–water partition coefficient (Wildman–Crippen LogP) is 2.26. The Bertz CT molecular complexity index is 641. The van der Waals surface area contributed by atoms with Gasteiger partial charge in [0.1, 0.15) is 6.04 Å². The van der Waals surface area contributed by atoms with E-state index in [4.69, 9.17) is 4.74 Å². The number of benzene rings is 1. The number of nitrogens with zero attached hydrogens (tertiary/aromatic N) is 3.